The summed E-state index contributed by atoms with van der Waals surface area (Å²) in [6.45, 7) is 6.09. The second kappa shape index (κ2) is 6.10. The average molecular weight is 288 g/mol. The van der Waals surface area contributed by atoms with Crippen LogP contribution in [-0.4, -0.2) is 5.91 Å². The van der Waals surface area contributed by atoms with Crippen molar-refractivity contribution < 1.29 is 4.79 Å². The highest BCUT2D eigenvalue weighted by Crippen LogP contribution is 2.19. The maximum Gasteiger partial charge on any atom is 0.251 e. The van der Waals surface area contributed by atoms with Gasteiger partial charge in [0.25, 0.3) is 5.91 Å². The molecule has 1 amide bonds. The van der Waals surface area contributed by atoms with Gasteiger partial charge in [0, 0.05) is 10.6 Å². The van der Waals surface area contributed by atoms with Crippen LogP contribution in [0.25, 0.3) is 0 Å². The molecule has 0 bridgehead atoms. The Bertz CT molecular complexity index is 637. The van der Waals surface area contributed by atoms with Crippen LogP contribution >= 0.6 is 11.6 Å². The number of hydrogen-bond donors (Lipinski definition) is 1. The molecule has 3 heteroatoms. The third-order valence-corrected chi connectivity index (χ3v) is 3.57. The predicted molar refractivity (Wildman–Crippen MR) is 83.2 cm³/mol. The van der Waals surface area contributed by atoms with Gasteiger partial charge in [-0.25, -0.2) is 0 Å². The number of aryl methyl sites for hydroxylation is 2. The molecule has 1 atom stereocenters. The van der Waals surface area contributed by atoms with Crippen LogP contribution in [0.2, 0.25) is 5.02 Å². The summed E-state index contributed by atoms with van der Waals surface area (Å²) in [6, 6.07) is 13.2. The molecule has 0 aliphatic heterocycles. The van der Waals surface area contributed by atoms with Crippen molar-refractivity contribution in [3.63, 3.8) is 0 Å². The first-order valence-electron chi connectivity index (χ1n) is 6.61. The molecule has 0 fully saturated rings. The van der Waals surface area contributed by atoms with Crippen molar-refractivity contribution in [1.29, 1.82) is 0 Å². The maximum atomic E-state index is 12.2. The van der Waals surface area contributed by atoms with Crippen LogP contribution in [0.15, 0.2) is 42.5 Å². The molecule has 0 spiro atoms. The summed E-state index contributed by atoms with van der Waals surface area (Å²) < 4.78 is 0. The Morgan fingerprint density at radius 2 is 1.90 bits per heavy atom. The van der Waals surface area contributed by atoms with E-state index in [4.69, 9.17) is 11.6 Å². The molecule has 0 aliphatic carbocycles. The topological polar surface area (TPSA) is 29.1 Å². The highest BCUT2D eigenvalue weighted by molar-refractivity contribution is 6.30. The summed E-state index contributed by atoms with van der Waals surface area (Å²) in [7, 11) is 0. The van der Waals surface area contributed by atoms with Gasteiger partial charge in [-0.2, -0.15) is 0 Å². The Morgan fingerprint density at radius 3 is 2.60 bits per heavy atom. The molecular formula is C17H18ClNO. The largest absolute Gasteiger partial charge is 0.346 e. The number of benzene rings is 2. The molecule has 0 heterocycles. The van der Waals surface area contributed by atoms with Crippen molar-refractivity contribution in [2.24, 2.45) is 0 Å². The highest BCUT2D eigenvalue weighted by atomic mass is 35.5. The van der Waals surface area contributed by atoms with Crippen LogP contribution in [0.1, 0.15) is 40.0 Å². The predicted octanol–water partition coefficient (Wildman–Crippen LogP) is 4.45. The third kappa shape index (κ3) is 3.40. The number of amides is 1. The number of carbonyl (C=O) groups is 1. The summed E-state index contributed by atoms with van der Waals surface area (Å²) in [5, 5.41) is 3.58. The SMILES string of the molecule is Cc1ccc(C)c([C@H](C)NC(=O)c2cccc(Cl)c2)c1. The number of nitrogens with one attached hydrogen (secondary N) is 1. The Hall–Kier alpha value is -1.80. The molecule has 0 saturated heterocycles. The first-order valence-corrected chi connectivity index (χ1v) is 6.99. The van der Waals surface area contributed by atoms with E-state index < -0.39 is 0 Å². The molecule has 20 heavy (non-hydrogen) atoms. The van der Waals surface area contributed by atoms with Gasteiger partial charge in [-0.15, -0.1) is 0 Å². The molecule has 0 saturated carbocycles. The Balaban J connectivity index is 2.17. The van der Waals surface area contributed by atoms with E-state index in [0.717, 1.165) is 5.56 Å². The lowest BCUT2D eigenvalue weighted by Crippen LogP contribution is -2.27. The third-order valence-electron chi connectivity index (χ3n) is 3.34. The van der Waals surface area contributed by atoms with Gasteiger partial charge in [-0.3, -0.25) is 4.79 Å². The van der Waals surface area contributed by atoms with Crippen molar-refractivity contribution in [2.75, 3.05) is 0 Å². The van der Waals surface area contributed by atoms with Crippen LogP contribution in [-0.2, 0) is 0 Å². The zero-order chi connectivity index (χ0) is 14.7. The quantitative estimate of drug-likeness (QED) is 0.888. The lowest BCUT2D eigenvalue weighted by Gasteiger charge is -2.17. The zero-order valence-electron chi connectivity index (χ0n) is 11.9. The van der Waals surface area contributed by atoms with E-state index in [0.29, 0.717) is 10.6 Å². The van der Waals surface area contributed by atoms with Crippen LogP contribution in [0.4, 0.5) is 0 Å². The summed E-state index contributed by atoms with van der Waals surface area (Å²) in [6.07, 6.45) is 0. The minimum atomic E-state index is -0.110. The van der Waals surface area contributed by atoms with Crippen molar-refractivity contribution >= 4 is 17.5 Å². The fourth-order valence-corrected chi connectivity index (χ4v) is 2.40. The van der Waals surface area contributed by atoms with E-state index in [9.17, 15) is 4.79 Å². The number of hydrogen-bond acceptors (Lipinski definition) is 1. The van der Waals surface area contributed by atoms with Gasteiger partial charge < -0.3 is 5.32 Å². The van der Waals surface area contributed by atoms with E-state index in [1.54, 1.807) is 24.3 Å². The van der Waals surface area contributed by atoms with Gasteiger partial charge >= 0.3 is 0 Å². The first kappa shape index (κ1) is 14.6. The Labute approximate surface area is 124 Å². The smallest absolute Gasteiger partial charge is 0.251 e. The van der Waals surface area contributed by atoms with Gasteiger partial charge in [-0.05, 0) is 50.1 Å². The van der Waals surface area contributed by atoms with Gasteiger partial charge in [-0.1, -0.05) is 41.4 Å². The zero-order valence-corrected chi connectivity index (χ0v) is 12.7. The second-order valence-corrected chi connectivity index (χ2v) is 5.50. The molecule has 104 valence electrons. The van der Waals surface area contributed by atoms with Crippen LogP contribution < -0.4 is 5.32 Å². The minimum Gasteiger partial charge on any atom is -0.346 e. The molecule has 2 aromatic rings. The summed E-state index contributed by atoms with van der Waals surface area (Å²) in [4.78, 5) is 12.2. The van der Waals surface area contributed by atoms with E-state index >= 15 is 0 Å². The number of carbonyl (C=O) groups excluding carboxylic acids is 1. The molecular weight excluding hydrogens is 270 g/mol. The van der Waals surface area contributed by atoms with E-state index in [-0.39, 0.29) is 11.9 Å². The first-order chi connectivity index (χ1) is 9.47. The molecule has 2 nitrogen and oxygen atoms in total. The Morgan fingerprint density at radius 1 is 1.15 bits per heavy atom. The molecule has 2 aromatic carbocycles. The van der Waals surface area contributed by atoms with Crippen molar-refractivity contribution in [3.05, 3.63) is 69.7 Å². The fourth-order valence-electron chi connectivity index (χ4n) is 2.21. The standard InChI is InChI=1S/C17H18ClNO/c1-11-7-8-12(2)16(9-11)13(3)19-17(20)14-5-4-6-15(18)10-14/h4-10,13H,1-3H3,(H,19,20)/t13-/m0/s1. The van der Waals surface area contributed by atoms with Crippen LogP contribution in [0.3, 0.4) is 0 Å². The second-order valence-electron chi connectivity index (χ2n) is 5.07. The van der Waals surface area contributed by atoms with Gasteiger partial charge in [0.2, 0.25) is 0 Å². The lowest BCUT2D eigenvalue weighted by molar-refractivity contribution is 0.0940. The normalized spacial score (nSPS) is 12.0. The number of halogens is 1. The van der Waals surface area contributed by atoms with Gasteiger partial charge in [0.1, 0.15) is 0 Å². The maximum absolute atomic E-state index is 12.2. The molecule has 2 rings (SSSR count). The fraction of sp³-hybridized carbons (Fsp3) is 0.235. The number of rotatable bonds is 3. The molecule has 0 radical (unpaired) electrons. The molecule has 0 aromatic heterocycles. The summed E-state index contributed by atoms with van der Waals surface area (Å²) >= 11 is 5.91. The average Bonchev–Trinajstić information content (AvgIpc) is 2.41. The van der Waals surface area contributed by atoms with E-state index in [1.165, 1.54) is 11.1 Å². The molecule has 0 unspecified atom stereocenters. The monoisotopic (exact) mass is 287 g/mol. The van der Waals surface area contributed by atoms with Crippen molar-refractivity contribution in [2.45, 2.75) is 26.8 Å². The van der Waals surface area contributed by atoms with E-state index in [1.807, 2.05) is 6.92 Å². The van der Waals surface area contributed by atoms with Crippen LogP contribution in [0.5, 0.6) is 0 Å². The molecule has 1 N–H and O–H groups in total. The lowest BCUT2D eigenvalue weighted by atomic mass is 10.00. The van der Waals surface area contributed by atoms with E-state index in [2.05, 4.69) is 37.4 Å². The van der Waals surface area contributed by atoms with Gasteiger partial charge in [0.05, 0.1) is 6.04 Å². The summed E-state index contributed by atoms with van der Waals surface area (Å²) in [5.41, 5.74) is 4.08. The van der Waals surface area contributed by atoms with Crippen LogP contribution in [0, 0.1) is 13.8 Å². The highest BCUT2D eigenvalue weighted by Gasteiger charge is 2.13. The summed E-state index contributed by atoms with van der Waals surface area (Å²) in [5.74, 6) is -0.110. The Kier molecular flexibility index (Phi) is 4.46. The van der Waals surface area contributed by atoms with Crippen molar-refractivity contribution in [1.82, 2.24) is 5.32 Å². The van der Waals surface area contributed by atoms with Crippen molar-refractivity contribution in [3.8, 4) is 0 Å². The molecule has 0 aliphatic rings. The van der Waals surface area contributed by atoms with Gasteiger partial charge in [0.15, 0.2) is 0 Å². The minimum absolute atomic E-state index is 0.0404.